The van der Waals surface area contributed by atoms with Crippen molar-refractivity contribution in [3.8, 4) is 5.75 Å². The van der Waals surface area contributed by atoms with Gasteiger partial charge >= 0.3 is 6.18 Å². The molecule has 0 N–H and O–H groups in total. The number of alkyl halides is 3. The van der Waals surface area contributed by atoms with Crippen molar-refractivity contribution < 1.29 is 27.4 Å². The molecule has 2 aromatic carbocycles. The summed E-state index contributed by atoms with van der Waals surface area (Å²) in [4.78, 5) is 19.4. The monoisotopic (exact) mass is 450 g/mol. The second-order valence-corrected chi connectivity index (χ2v) is 8.19. The average Bonchev–Trinajstić information content (AvgIpc) is 3.40. The molecule has 1 aliphatic rings. The summed E-state index contributed by atoms with van der Waals surface area (Å²) in [5, 5.41) is 0.476. The summed E-state index contributed by atoms with van der Waals surface area (Å²) in [5.41, 5.74) is 0.0967. The molecule has 4 rings (SSSR count). The minimum absolute atomic E-state index is 0.135. The molecule has 0 saturated carbocycles. The van der Waals surface area contributed by atoms with Crippen LogP contribution in [0.15, 0.2) is 42.5 Å². The normalized spacial score (nSPS) is 16.6. The van der Waals surface area contributed by atoms with Crippen LogP contribution in [-0.4, -0.2) is 36.8 Å². The van der Waals surface area contributed by atoms with Crippen molar-refractivity contribution in [3.05, 3.63) is 53.6 Å². The molecule has 1 fully saturated rings. The number of anilines is 1. The van der Waals surface area contributed by atoms with Crippen LogP contribution in [0.5, 0.6) is 5.75 Å². The quantitative estimate of drug-likeness (QED) is 0.495. The molecule has 0 spiro atoms. The van der Waals surface area contributed by atoms with E-state index in [1.54, 1.807) is 0 Å². The summed E-state index contributed by atoms with van der Waals surface area (Å²) in [6.07, 6.45) is -2.87. The molecule has 0 bridgehead atoms. The maximum atomic E-state index is 13.3. The van der Waals surface area contributed by atoms with Gasteiger partial charge in [-0.25, -0.2) is 4.98 Å². The van der Waals surface area contributed by atoms with E-state index < -0.39 is 17.6 Å². The van der Waals surface area contributed by atoms with Gasteiger partial charge in [0.2, 0.25) is 0 Å². The fourth-order valence-electron chi connectivity index (χ4n) is 3.46. The maximum Gasteiger partial charge on any atom is 0.416 e. The predicted octanol–water partition coefficient (Wildman–Crippen LogP) is 5.54. The molecule has 1 unspecified atom stereocenters. The van der Waals surface area contributed by atoms with Crippen LogP contribution >= 0.6 is 11.3 Å². The molecular formula is C22H21F3N2O3S. The molecule has 1 amide bonds. The highest BCUT2D eigenvalue weighted by Gasteiger charge is 2.31. The van der Waals surface area contributed by atoms with Crippen LogP contribution in [0.3, 0.4) is 0 Å². The Morgan fingerprint density at radius 3 is 2.68 bits per heavy atom. The van der Waals surface area contributed by atoms with Gasteiger partial charge in [-0.05, 0) is 62.2 Å². The van der Waals surface area contributed by atoms with Crippen LogP contribution < -0.4 is 9.64 Å². The Kier molecular flexibility index (Phi) is 6.15. The molecule has 2 heterocycles. The third-order valence-corrected chi connectivity index (χ3v) is 6.05. The lowest BCUT2D eigenvalue weighted by atomic mass is 10.1. The summed E-state index contributed by atoms with van der Waals surface area (Å²) in [6.45, 7) is 3.35. The van der Waals surface area contributed by atoms with Gasteiger partial charge in [0.25, 0.3) is 5.91 Å². The number of carbonyl (C=O) groups excluding carboxylic acids is 1. The summed E-state index contributed by atoms with van der Waals surface area (Å²) < 4.78 is 50.8. The van der Waals surface area contributed by atoms with Gasteiger partial charge in [-0.1, -0.05) is 11.3 Å². The van der Waals surface area contributed by atoms with Crippen molar-refractivity contribution in [3.63, 3.8) is 0 Å². The Hall–Kier alpha value is -2.65. The van der Waals surface area contributed by atoms with Crippen molar-refractivity contribution in [2.24, 2.45) is 0 Å². The predicted molar refractivity (Wildman–Crippen MR) is 113 cm³/mol. The third kappa shape index (κ3) is 4.83. The van der Waals surface area contributed by atoms with E-state index in [-0.39, 0.29) is 18.2 Å². The molecule has 0 aliphatic carbocycles. The fraction of sp³-hybridized carbons (Fsp3) is 0.364. The second-order valence-electron chi connectivity index (χ2n) is 7.18. The number of thiazole rings is 1. The molecule has 1 aromatic heterocycles. The first-order chi connectivity index (χ1) is 14.8. The molecule has 164 valence electrons. The standard InChI is InChI=1S/C22H21F3N2O3S/c1-2-29-16-9-10-18-19(12-16)31-21(26-18)27(13-17-4-3-11-30-17)20(28)14-5-7-15(8-6-14)22(23,24)25/h5-10,12,17H,2-4,11,13H2,1H3. The number of amides is 1. The number of halogens is 3. The molecule has 1 aliphatic heterocycles. The number of carbonyl (C=O) groups is 1. The number of benzene rings is 2. The zero-order valence-corrected chi connectivity index (χ0v) is 17.6. The van der Waals surface area contributed by atoms with Gasteiger partial charge in [0, 0.05) is 12.2 Å². The number of aromatic nitrogens is 1. The lowest BCUT2D eigenvalue weighted by Crippen LogP contribution is -2.37. The van der Waals surface area contributed by atoms with Crippen molar-refractivity contribution in [2.75, 3.05) is 24.7 Å². The minimum atomic E-state index is -4.45. The van der Waals surface area contributed by atoms with E-state index in [4.69, 9.17) is 9.47 Å². The lowest BCUT2D eigenvalue weighted by molar-refractivity contribution is -0.137. The van der Waals surface area contributed by atoms with Gasteiger partial charge in [0.1, 0.15) is 5.75 Å². The van der Waals surface area contributed by atoms with E-state index in [0.29, 0.717) is 24.1 Å². The highest BCUT2D eigenvalue weighted by molar-refractivity contribution is 7.22. The Bertz CT molecular complexity index is 1060. The third-order valence-electron chi connectivity index (χ3n) is 5.01. The van der Waals surface area contributed by atoms with Gasteiger partial charge in [0.15, 0.2) is 5.13 Å². The zero-order chi connectivity index (χ0) is 22.0. The van der Waals surface area contributed by atoms with Crippen molar-refractivity contribution in [1.82, 2.24) is 4.98 Å². The first-order valence-corrected chi connectivity index (χ1v) is 10.8. The van der Waals surface area contributed by atoms with Crippen LogP contribution in [0.2, 0.25) is 0 Å². The first-order valence-electron chi connectivity index (χ1n) is 9.99. The Balaban J connectivity index is 1.66. The summed E-state index contributed by atoms with van der Waals surface area (Å²) in [5.74, 6) is 0.304. The average molecular weight is 450 g/mol. The second kappa shape index (κ2) is 8.84. The Morgan fingerprint density at radius 2 is 2.03 bits per heavy atom. The van der Waals surface area contributed by atoms with Crippen molar-refractivity contribution in [1.29, 1.82) is 0 Å². The summed E-state index contributed by atoms with van der Waals surface area (Å²) in [6, 6.07) is 9.76. The largest absolute Gasteiger partial charge is 0.494 e. The number of rotatable bonds is 6. The lowest BCUT2D eigenvalue weighted by Gasteiger charge is -2.23. The van der Waals surface area contributed by atoms with Gasteiger partial charge in [-0.3, -0.25) is 9.69 Å². The van der Waals surface area contributed by atoms with Gasteiger partial charge < -0.3 is 9.47 Å². The van der Waals surface area contributed by atoms with E-state index >= 15 is 0 Å². The van der Waals surface area contributed by atoms with E-state index in [9.17, 15) is 18.0 Å². The van der Waals surface area contributed by atoms with E-state index in [2.05, 4.69) is 4.98 Å². The molecule has 9 heteroatoms. The fourth-order valence-corrected chi connectivity index (χ4v) is 4.46. The molecule has 5 nitrogen and oxygen atoms in total. The maximum absolute atomic E-state index is 13.3. The van der Waals surface area contributed by atoms with Crippen LogP contribution in [0, 0.1) is 0 Å². The van der Waals surface area contributed by atoms with Crippen LogP contribution in [0.25, 0.3) is 10.2 Å². The number of ether oxygens (including phenoxy) is 2. The molecule has 3 aromatic rings. The minimum Gasteiger partial charge on any atom is -0.494 e. The first kappa shape index (κ1) is 21.6. The Labute approximate surface area is 181 Å². The van der Waals surface area contributed by atoms with Crippen molar-refractivity contribution >= 4 is 32.6 Å². The molecular weight excluding hydrogens is 429 g/mol. The van der Waals surface area contributed by atoms with E-state index in [1.807, 2.05) is 25.1 Å². The van der Waals surface area contributed by atoms with E-state index in [1.165, 1.54) is 28.4 Å². The summed E-state index contributed by atoms with van der Waals surface area (Å²) in [7, 11) is 0. The van der Waals surface area contributed by atoms with Crippen LogP contribution in [0.1, 0.15) is 35.7 Å². The van der Waals surface area contributed by atoms with Gasteiger partial charge in [-0.15, -0.1) is 0 Å². The van der Waals surface area contributed by atoms with Gasteiger partial charge in [-0.2, -0.15) is 13.2 Å². The smallest absolute Gasteiger partial charge is 0.416 e. The Morgan fingerprint density at radius 1 is 1.26 bits per heavy atom. The molecule has 1 saturated heterocycles. The van der Waals surface area contributed by atoms with Gasteiger partial charge in [0.05, 0.1) is 35.0 Å². The zero-order valence-electron chi connectivity index (χ0n) is 16.8. The van der Waals surface area contributed by atoms with E-state index in [0.717, 1.165) is 35.2 Å². The molecule has 1 atom stereocenters. The number of hydrogen-bond donors (Lipinski definition) is 0. The number of hydrogen-bond acceptors (Lipinski definition) is 5. The SMILES string of the molecule is CCOc1ccc2nc(N(CC3CCCO3)C(=O)c3ccc(C(F)(F)F)cc3)sc2c1. The van der Waals surface area contributed by atoms with Crippen LogP contribution in [0.4, 0.5) is 18.3 Å². The number of fused-ring (bicyclic) bond motifs is 1. The number of nitrogens with zero attached hydrogens (tertiary/aromatic N) is 2. The molecule has 31 heavy (non-hydrogen) atoms. The highest BCUT2D eigenvalue weighted by atomic mass is 32.1. The highest BCUT2D eigenvalue weighted by Crippen LogP contribution is 2.34. The summed E-state index contributed by atoms with van der Waals surface area (Å²) >= 11 is 1.34. The molecule has 0 radical (unpaired) electrons. The topological polar surface area (TPSA) is 51.7 Å². The van der Waals surface area contributed by atoms with Crippen molar-refractivity contribution in [2.45, 2.75) is 32.0 Å². The van der Waals surface area contributed by atoms with Crippen LogP contribution in [-0.2, 0) is 10.9 Å².